The standard InChI is InChI=1S/C15H13Cl2NO2/c16-13-7-6-12(20-13)15(17)10-4-5-11-9(8-10)2-1-3-14(19)18-11/h4-8,15H,1-3H2,(H,18,19). The lowest BCUT2D eigenvalue weighted by molar-refractivity contribution is -0.116. The number of anilines is 1. The highest BCUT2D eigenvalue weighted by Crippen LogP contribution is 2.34. The molecule has 0 radical (unpaired) electrons. The highest BCUT2D eigenvalue weighted by molar-refractivity contribution is 6.29. The lowest BCUT2D eigenvalue weighted by Gasteiger charge is -2.12. The number of halogens is 2. The lowest BCUT2D eigenvalue weighted by atomic mass is 10.0. The summed E-state index contributed by atoms with van der Waals surface area (Å²) < 4.78 is 5.35. The molecule has 0 fully saturated rings. The molecule has 1 N–H and O–H groups in total. The summed E-state index contributed by atoms with van der Waals surface area (Å²) in [6, 6.07) is 9.27. The maximum absolute atomic E-state index is 11.5. The molecule has 0 bridgehead atoms. The zero-order chi connectivity index (χ0) is 14.1. The molecule has 0 saturated heterocycles. The molecule has 1 aliphatic rings. The van der Waals surface area contributed by atoms with Crippen LogP contribution in [0.25, 0.3) is 0 Å². The summed E-state index contributed by atoms with van der Waals surface area (Å²) in [4.78, 5) is 11.5. The first-order valence-corrected chi connectivity index (χ1v) is 7.27. The molecule has 1 aromatic carbocycles. The molecule has 1 atom stereocenters. The highest BCUT2D eigenvalue weighted by atomic mass is 35.5. The second-order valence-electron chi connectivity index (χ2n) is 4.82. The SMILES string of the molecule is O=C1CCCc2cc(C(Cl)c3ccc(Cl)o3)ccc2N1. The highest BCUT2D eigenvalue weighted by Gasteiger charge is 2.18. The van der Waals surface area contributed by atoms with Gasteiger partial charge in [0.25, 0.3) is 0 Å². The van der Waals surface area contributed by atoms with E-state index in [9.17, 15) is 4.79 Å². The first kappa shape index (κ1) is 13.5. The molecule has 104 valence electrons. The van der Waals surface area contributed by atoms with Gasteiger partial charge in [-0.1, -0.05) is 12.1 Å². The molecular formula is C15H13Cl2NO2. The smallest absolute Gasteiger partial charge is 0.224 e. The van der Waals surface area contributed by atoms with E-state index in [-0.39, 0.29) is 11.3 Å². The number of hydrogen-bond donors (Lipinski definition) is 1. The Morgan fingerprint density at radius 1 is 1.20 bits per heavy atom. The minimum atomic E-state index is -0.383. The van der Waals surface area contributed by atoms with Gasteiger partial charge in [0.1, 0.15) is 11.1 Å². The first-order chi connectivity index (χ1) is 9.63. The summed E-state index contributed by atoms with van der Waals surface area (Å²) >= 11 is 12.2. The third kappa shape index (κ3) is 2.69. The van der Waals surface area contributed by atoms with Crippen molar-refractivity contribution in [2.24, 2.45) is 0 Å². The van der Waals surface area contributed by atoms with Crippen molar-refractivity contribution < 1.29 is 9.21 Å². The Morgan fingerprint density at radius 3 is 2.80 bits per heavy atom. The van der Waals surface area contributed by atoms with Gasteiger partial charge in [-0.25, -0.2) is 0 Å². The molecule has 2 heterocycles. The minimum absolute atomic E-state index is 0.0664. The van der Waals surface area contributed by atoms with E-state index >= 15 is 0 Å². The average Bonchev–Trinajstić information content (AvgIpc) is 2.77. The fourth-order valence-corrected chi connectivity index (χ4v) is 2.79. The molecule has 0 saturated carbocycles. The van der Waals surface area contributed by atoms with Crippen LogP contribution >= 0.6 is 23.2 Å². The third-order valence-electron chi connectivity index (χ3n) is 3.39. The maximum Gasteiger partial charge on any atom is 0.224 e. The van der Waals surface area contributed by atoms with Crippen LogP contribution in [0.1, 0.15) is 35.1 Å². The number of carbonyl (C=O) groups excluding carboxylic acids is 1. The predicted octanol–water partition coefficient (Wildman–Crippen LogP) is 4.54. The number of amides is 1. The van der Waals surface area contributed by atoms with Crippen LogP contribution in [0.2, 0.25) is 5.22 Å². The van der Waals surface area contributed by atoms with E-state index in [0.29, 0.717) is 17.4 Å². The van der Waals surface area contributed by atoms with E-state index in [2.05, 4.69) is 5.32 Å². The van der Waals surface area contributed by atoms with E-state index in [1.54, 1.807) is 12.1 Å². The van der Waals surface area contributed by atoms with Crippen molar-refractivity contribution in [2.75, 3.05) is 5.32 Å². The van der Waals surface area contributed by atoms with Gasteiger partial charge in [0.15, 0.2) is 5.22 Å². The normalized spacial score (nSPS) is 16.2. The van der Waals surface area contributed by atoms with Crippen molar-refractivity contribution in [1.29, 1.82) is 0 Å². The molecule has 1 aromatic heterocycles. The Morgan fingerprint density at radius 2 is 2.05 bits per heavy atom. The fourth-order valence-electron chi connectivity index (χ4n) is 2.38. The maximum atomic E-state index is 11.5. The van der Waals surface area contributed by atoms with Crippen LogP contribution in [0.3, 0.4) is 0 Å². The van der Waals surface area contributed by atoms with Gasteiger partial charge in [-0.05, 0) is 53.8 Å². The molecule has 1 aliphatic heterocycles. The van der Waals surface area contributed by atoms with Crippen LogP contribution < -0.4 is 5.32 Å². The largest absolute Gasteiger partial charge is 0.448 e. The number of nitrogens with one attached hydrogen (secondary N) is 1. The van der Waals surface area contributed by atoms with Crippen molar-refractivity contribution >= 4 is 34.8 Å². The zero-order valence-corrected chi connectivity index (χ0v) is 12.2. The van der Waals surface area contributed by atoms with Crippen molar-refractivity contribution in [2.45, 2.75) is 24.6 Å². The fraction of sp³-hybridized carbons (Fsp3) is 0.267. The summed E-state index contributed by atoms with van der Waals surface area (Å²) in [6.07, 6.45) is 2.27. The van der Waals surface area contributed by atoms with Crippen LogP contribution in [0.4, 0.5) is 5.69 Å². The Hall–Kier alpha value is -1.45. The van der Waals surface area contributed by atoms with Crippen LogP contribution in [0.5, 0.6) is 0 Å². The molecule has 0 aliphatic carbocycles. The number of hydrogen-bond acceptors (Lipinski definition) is 2. The van der Waals surface area contributed by atoms with E-state index in [4.69, 9.17) is 27.6 Å². The average molecular weight is 310 g/mol. The van der Waals surface area contributed by atoms with E-state index < -0.39 is 0 Å². The Kier molecular flexibility index (Phi) is 3.72. The van der Waals surface area contributed by atoms with Gasteiger partial charge in [0.2, 0.25) is 5.91 Å². The monoisotopic (exact) mass is 309 g/mol. The summed E-state index contributed by atoms with van der Waals surface area (Å²) in [5, 5.41) is 2.85. The molecule has 3 rings (SSSR count). The number of alkyl halides is 1. The molecular weight excluding hydrogens is 297 g/mol. The van der Waals surface area contributed by atoms with Crippen molar-refractivity contribution in [3.8, 4) is 0 Å². The zero-order valence-electron chi connectivity index (χ0n) is 10.7. The van der Waals surface area contributed by atoms with Crippen molar-refractivity contribution in [1.82, 2.24) is 0 Å². The molecule has 2 aromatic rings. The summed E-state index contributed by atoms with van der Waals surface area (Å²) in [5.41, 5.74) is 2.92. The second-order valence-corrected chi connectivity index (χ2v) is 5.63. The summed E-state index contributed by atoms with van der Waals surface area (Å²) in [5.74, 6) is 0.686. The summed E-state index contributed by atoms with van der Waals surface area (Å²) in [7, 11) is 0. The van der Waals surface area contributed by atoms with Crippen LogP contribution in [-0.4, -0.2) is 5.91 Å². The van der Waals surface area contributed by atoms with Crippen LogP contribution in [0, 0.1) is 0 Å². The van der Waals surface area contributed by atoms with E-state index in [1.165, 1.54) is 0 Å². The molecule has 5 heteroatoms. The molecule has 1 unspecified atom stereocenters. The Labute approximate surface area is 126 Å². The van der Waals surface area contributed by atoms with Crippen molar-refractivity contribution in [3.63, 3.8) is 0 Å². The lowest BCUT2D eigenvalue weighted by Crippen LogP contribution is -2.09. The van der Waals surface area contributed by atoms with Gasteiger partial charge in [0, 0.05) is 12.1 Å². The van der Waals surface area contributed by atoms with E-state index in [1.807, 2.05) is 18.2 Å². The van der Waals surface area contributed by atoms with E-state index in [0.717, 1.165) is 29.7 Å². The Bertz CT molecular complexity index is 651. The predicted molar refractivity (Wildman–Crippen MR) is 79.4 cm³/mol. The van der Waals surface area contributed by atoms with Gasteiger partial charge in [0.05, 0.1) is 0 Å². The van der Waals surface area contributed by atoms with Crippen LogP contribution in [0.15, 0.2) is 34.7 Å². The first-order valence-electron chi connectivity index (χ1n) is 6.45. The van der Waals surface area contributed by atoms with Gasteiger partial charge in [-0.2, -0.15) is 0 Å². The number of fused-ring (bicyclic) bond motifs is 1. The molecule has 20 heavy (non-hydrogen) atoms. The quantitative estimate of drug-likeness (QED) is 0.828. The number of rotatable bonds is 2. The Balaban J connectivity index is 1.92. The van der Waals surface area contributed by atoms with Gasteiger partial charge in [-0.3, -0.25) is 4.79 Å². The summed E-state index contributed by atoms with van der Waals surface area (Å²) in [6.45, 7) is 0. The second kappa shape index (κ2) is 5.51. The number of benzene rings is 1. The number of furan rings is 1. The van der Waals surface area contributed by atoms with Gasteiger partial charge < -0.3 is 9.73 Å². The van der Waals surface area contributed by atoms with Gasteiger partial charge >= 0.3 is 0 Å². The van der Waals surface area contributed by atoms with Crippen molar-refractivity contribution in [3.05, 3.63) is 52.4 Å². The number of carbonyl (C=O) groups is 1. The van der Waals surface area contributed by atoms with Crippen LogP contribution in [-0.2, 0) is 11.2 Å². The third-order valence-corrected chi connectivity index (χ3v) is 4.06. The number of aryl methyl sites for hydroxylation is 1. The molecule has 1 amide bonds. The topological polar surface area (TPSA) is 42.2 Å². The molecule has 3 nitrogen and oxygen atoms in total. The van der Waals surface area contributed by atoms with Gasteiger partial charge in [-0.15, -0.1) is 11.6 Å². The molecule has 0 spiro atoms. The minimum Gasteiger partial charge on any atom is -0.448 e.